The summed E-state index contributed by atoms with van der Waals surface area (Å²) >= 11 is 0. The van der Waals surface area contributed by atoms with Crippen LogP contribution in [0.2, 0.25) is 0 Å². The second-order valence-electron chi connectivity index (χ2n) is 0. The van der Waals surface area contributed by atoms with Crippen LogP contribution in [0.15, 0.2) is 0 Å². The van der Waals surface area contributed by atoms with Crippen molar-refractivity contribution < 1.29 is 69.2 Å². The van der Waals surface area contributed by atoms with E-state index in [0.29, 0.717) is 0 Å². The Morgan fingerprint density at radius 3 is 0.800 bits per heavy atom. The third-order valence-corrected chi connectivity index (χ3v) is 0. The van der Waals surface area contributed by atoms with E-state index in [0.717, 1.165) is 0 Å². The van der Waals surface area contributed by atoms with Crippen LogP contribution >= 0.6 is 0 Å². The minimum atomic E-state index is 0. The molecule has 5 heteroatoms. The SMILES string of the molecule is O.O.O.[H-].[K+].[SnH2]. The van der Waals surface area contributed by atoms with Crippen LogP contribution in [0.1, 0.15) is 1.43 Å². The molecule has 0 fully saturated rings. The zero-order chi connectivity index (χ0) is 0. The standard InChI is InChI=1S/K.3H2O.Sn.3H/h;3*1H2;;;;/q+1;;;;;;;-1. The van der Waals surface area contributed by atoms with Gasteiger partial charge in [-0.05, 0) is 0 Å². The van der Waals surface area contributed by atoms with Gasteiger partial charge in [0.1, 0.15) is 0 Å². The van der Waals surface area contributed by atoms with E-state index in [1.54, 1.807) is 0 Å². The first kappa shape index (κ1) is 54.4. The third-order valence-electron chi connectivity index (χ3n) is 0. The number of rotatable bonds is 0. The molecule has 0 aromatic heterocycles. The maximum absolute atomic E-state index is 0. The molecule has 0 saturated carbocycles. The van der Waals surface area contributed by atoms with Gasteiger partial charge in [-0.2, -0.15) is 0 Å². The summed E-state index contributed by atoms with van der Waals surface area (Å²) in [6, 6.07) is 0. The second kappa shape index (κ2) is 33.3. The molecule has 5 heavy (non-hydrogen) atoms. The Balaban J connectivity index is 0. The molecule has 0 aliphatic carbocycles. The molecular formula is H9KO3Sn. The van der Waals surface area contributed by atoms with Crippen molar-refractivity contribution >= 4 is 23.9 Å². The summed E-state index contributed by atoms with van der Waals surface area (Å²) in [5.41, 5.74) is 0. The summed E-state index contributed by atoms with van der Waals surface area (Å²) in [5, 5.41) is 0. The molecule has 0 aromatic rings. The van der Waals surface area contributed by atoms with Crippen LogP contribution in [-0.4, -0.2) is 40.3 Å². The topological polar surface area (TPSA) is 94.5 Å². The average Bonchev–Trinajstić information content (AvgIpc) is 0. The number of hydrogen-bond acceptors (Lipinski definition) is 0. The zero-order valence-electron chi connectivity index (χ0n) is 4.21. The normalized spacial score (nSPS) is 0. The average molecular weight is 215 g/mol. The minimum absolute atomic E-state index is 0. The van der Waals surface area contributed by atoms with Crippen molar-refractivity contribution in [2.24, 2.45) is 0 Å². The molecule has 0 rings (SSSR count). The molecule has 0 saturated heterocycles. The van der Waals surface area contributed by atoms with Crippen LogP contribution in [0.3, 0.4) is 0 Å². The van der Waals surface area contributed by atoms with Crippen molar-refractivity contribution in [2.75, 3.05) is 0 Å². The fourth-order valence-corrected chi connectivity index (χ4v) is 0. The quantitative estimate of drug-likeness (QED) is 0.359. The van der Waals surface area contributed by atoms with E-state index < -0.39 is 0 Å². The van der Waals surface area contributed by atoms with E-state index in [-0.39, 0.29) is 93.1 Å². The third kappa shape index (κ3) is 21.9. The zero-order valence-corrected chi connectivity index (χ0v) is 10.4. The Morgan fingerprint density at radius 1 is 0.800 bits per heavy atom. The van der Waals surface area contributed by atoms with Gasteiger partial charge in [0.25, 0.3) is 0 Å². The number of hydrogen-bond donors (Lipinski definition) is 0. The van der Waals surface area contributed by atoms with Crippen LogP contribution in [0.5, 0.6) is 0 Å². The molecule has 0 aliphatic rings. The van der Waals surface area contributed by atoms with Crippen molar-refractivity contribution in [3.05, 3.63) is 0 Å². The van der Waals surface area contributed by atoms with Crippen molar-refractivity contribution in [3.8, 4) is 0 Å². The Hall–Kier alpha value is 2.32. The molecule has 0 heterocycles. The molecular weight excluding hydrogens is 206 g/mol. The van der Waals surface area contributed by atoms with Crippen molar-refractivity contribution in [1.82, 2.24) is 0 Å². The van der Waals surface area contributed by atoms with Crippen molar-refractivity contribution in [1.29, 1.82) is 0 Å². The van der Waals surface area contributed by atoms with E-state index in [1.165, 1.54) is 0 Å². The van der Waals surface area contributed by atoms with E-state index in [9.17, 15) is 0 Å². The van der Waals surface area contributed by atoms with Crippen LogP contribution in [0.4, 0.5) is 0 Å². The summed E-state index contributed by atoms with van der Waals surface area (Å²) < 4.78 is 0. The van der Waals surface area contributed by atoms with Crippen LogP contribution in [0, 0.1) is 0 Å². The van der Waals surface area contributed by atoms with Gasteiger partial charge in [0, 0.05) is 0 Å². The summed E-state index contributed by atoms with van der Waals surface area (Å²) in [4.78, 5) is 0. The first-order chi connectivity index (χ1) is 0. The summed E-state index contributed by atoms with van der Waals surface area (Å²) in [6.07, 6.45) is 0. The first-order valence-electron chi connectivity index (χ1n) is 0. The fraction of sp³-hybridized carbons (Fsp3) is 0. The second-order valence-corrected chi connectivity index (χ2v) is 0. The van der Waals surface area contributed by atoms with Gasteiger partial charge in [0.05, 0.1) is 0 Å². The predicted octanol–water partition coefficient (Wildman–Crippen LogP) is -6.27. The van der Waals surface area contributed by atoms with E-state index in [2.05, 4.69) is 0 Å². The summed E-state index contributed by atoms with van der Waals surface area (Å²) in [7, 11) is 0. The molecule has 6 N–H and O–H groups in total. The van der Waals surface area contributed by atoms with Crippen LogP contribution < -0.4 is 51.4 Å². The molecule has 2 radical (unpaired) electrons. The van der Waals surface area contributed by atoms with Gasteiger partial charge >= 0.3 is 75.3 Å². The van der Waals surface area contributed by atoms with Gasteiger partial charge < -0.3 is 17.9 Å². The molecule has 0 aromatic carbocycles. The fourth-order valence-electron chi connectivity index (χ4n) is 0. The Kier molecular flexibility index (Phi) is 362. The Labute approximate surface area is 91.3 Å². The molecule has 0 spiro atoms. The molecule has 0 atom stereocenters. The summed E-state index contributed by atoms with van der Waals surface area (Å²) in [5.74, 6) is 0. The van der Waals surface area contributed by atoms with Crippen LogP contribution in [-0.2, 0) is 0 Å². The van der Waals surface area contributed by atoms with Crippen molar-refractivity contribution in [3.63, 3.8) is 0 Å². The Bertz CT molecular complexity index is 10.8. The molecule has 32 valence electrons. The van der Waals surface area contributed by atoms with Gasteiger partial charge in [-0.25, -0.2) is 0 Å². The van der Waals surface area contributed by atoms with Gasteiger partial charge in [-0.3, -0.25) is 0 Å². The van der Waals surface area contributed by atoms with E-state index in [4.69, 9.17) is 0 Å². The van der Waals surface area contributed by atoms with Gasteiger partial charge in [0.2, 0.25) is 0 Å². The summed E-state index contributed by atoms with van der Waals surface area (Å²) in [6.45, 7) is 0. The molecule has 0 amide bonds. The predicted molar refractivity (Wildman–Crippen MR) is 20.5 cm³/mol. The van der Waals surface area contributed by atoms with Gasteiger partial charge in [-0.15, -0.1) is 0 Å². The molecule has 0 aliphatic heterocycles. The van der Waals surface area contributed by atoms with E-state index in [1.807, 2.05) is 0 Å². The maximum atomic E-state index is 0. The molecule has 0 unspecified atom stereocenters. The monoisotopic (exact) mass is 216 g/mol. The molecule has 3 nitrogen and oxygen atoms in total. The van der Waals surface area contributed by atoms with Crippen LogP contribution in [0.25, 0.3) is 0 Å². The van der Waals surface area contributed by atoms with Gasteiger partial charge in [0.15, 0.2) is 0 Å². The Morgan fingerprint density at radius 2 is 0.800 bits per heavy atom. The van der Waals surface area contributed by atoms with Crippen molar-refractivity contribution in [2.45, 2.75) is 0 Å². The van der Waals surface area contributed by atoms with E-state index >= 15 is 0 Å². The molecule has 0 bridgehead atoms. The first-order valence-corrected chi connectivity index (χ1v) is 0. The van der Waals surface area contributed by atoms with Gasteiger partial charge in [-0.1, -0.05) is 0 Å².